The lowest BCUT2D eigenvalue weighted by atomic mass is 10.1. The summed E-state index contributed by atoms with van der Waals surface area (Å²) in [6.07, 6.45) is 0.509. The first kappa shape index (κ1) is 8.07. The third-order valence-electron chi connectivity index (χ3n) is 1.90. The molecule has 0 aliphatic carbocycles. The third-order valence-corrected chi connectivity index (χ3v) is 1.90. The molecule has 4 nitrogen and oxygen atoms in total. The maximum Gasteiger partial charge on any atom is 0.368 e. The molecule has 1 aromatic rings. The van der Waals surface area contributed by atoms with Crippen molar-refractivity contribution in [2.75, 3.05) is 6.61 Å². The number of rotatable bonds is 2. The molecule has 1 heterocycles. The first-order valence-electron chi connectivity index (χ1n) is 4.01. The Labute approximate surface area is 74.3 Å². The Morgan fingerprint density at radius 1 is 1.31 bits per heavy atom. The quantitative estimate of drug-likeness (QED) is 0.666. The molecule has 4 heteroatoms. The highest BCUT2D eigenvalue weighted by atomic mass is 16.3. The van der Waals surface area contributed by atoms with Gasteiger partial charge in [0.05, 0.1) is 10.7 Å². The average molecular weight is 176 g/mol. The summed E-state index contributed by atoms with van der Waals surface area (Å²) in [4.78, 5) is 18.3. The molecular formula is C9H8N2O2. The predicted octanol–water partition coefficient (Wildman–Crippen LogP) is -0.406. The molecule has 1 aromatic carbocycles. The van der Waals surface area contributed by atoms with Gasteiger partial charge in [0.1, 0.15) is 0 Å². The Kier molecular flexibility index (Phi) is 1.90. The van der Waals surface area contributed by atoms with Crippen LogP contribution in [0.4, 0.5) is 4.79 Å². The predicted molar refractivity (Wildman–Crippen MR) is 44.9 cm³/mol. The maximum atomic E-state index is 10.9. The number of benzene rings is 1. The van der Waals surface area contributed by atoms with E-state index in [2.05, 4.69) is 9.98 Å². The Morgan fingerprint density at radius 2 is 2.15 bits per heavy atom. The number of carbonyl (C=O) groups excluding carboxylic acids is 1. The third kappa shape index (κ3) is 1.36. The van der Waals surface area contributed by atoms with Gasteiger partial charge in [0, 0.05) is 6.61 Å². The van der Waals surface area contributed by atoms with Gasteiger partial charge in [0.15, 0.2) is 0 Å². The summed E-state index contributed by atoms with van der Waals surface area (Å²) >= 11 is 0. The number of para-hydroxylation sites is 1. The van der Waals surface area contributed by atoms with E-state index in [-0.39, 0.29) is 6.61 Å². The van der Waals surface area contributed by atoms with Gasteiger partial charge in [-0.2, -0.15) is 9.98 Å². The largest absolute Gasteiger partial charge is 0.396 e. The second-order valence-electron chi connectivity index (χ2n) is 2.76. The molecule has 0 bridgehead atoms. The number of hydrogen-bond acceptors (Lipinski definition) is 2. The standard InChI is InChI=1S/C9H8N2O2/c12-5-4-6-2-1-3-7-8(6)11-9(13)10-7/h1-3,12H,4-5H2. The molecule has 0 fully saturated rings. The topological polar surface area (TPSA) is 62.0 Å². The minimum absolute atomic E-state index is 0.0557. The van der Waals surface area contributed by atoms with Crippen LogP contribution in [0.15, 0.2) is 28.2 Å². The van der Waals surface area contributed by atoms with Crippen LogP contribution < -0.4 is 10.7 Å². The van der Waals surface area contributed by atoms with E-state index in [4.69, 9.17) is 5.11 Å². The van der Waals surface area contributed by atoms with Crippen LogP contribution in [0.5, 0.6) is 0 Å². The summed E-state index contributed by atoms with van der Waals surface area (Å²) in [6, 6.07) is 4.93. The van der Waals surface area contributed by atoms with Crippen molar-refractivity contribution in [3.63, 3.8) is 0 Å². The molecule has 0 unspecified atom stereocenters. The van der Waals surface area contributed by atoms with Crippen LogP contribution in [0.1, 0.15) is 5.56 Å². The molecule has 1 aliphatic heterocycles. The van der Waals surface area contributed by atoms with E-state index in [1.807, 2.05) is 6.07 Å². The van der Waals surface area contributed by atoms with Gasteiger partial charge in [-0.1, -0.05) is 12.1 Å². The zero-order valence-corrected chi connectivity index (χ0v) is 6.90. The highest BCUT2D eigenvalue weighted by Gasteiger charge is 2.07. The molecule has 0 atom stereocenters. The summed E-state index contributed by atoms with van der Waals surface area (Å²) in [5.74, 6) is 0. The lowest BCUT2D eigenvalue weighted by molar-refractivity contribution is 0.256. The summed E-state index contributed by atoms with van der Waals surface area (Å²) < 4.78 is 0. The monoisotopic (exact) mass is 176 g/mol. The molecule has 0 radical (unpaired) electrons. The summed E-state index contributed by atoms with van der Waals surface area (Å²) in [5, 5.41) is 9.98. The molecule has 0 aromatic heterocycles. The van der Waals surface area contributed by atoms with Crippen molar-refractivity contribution in [3.8, 4) is 0 Å². The van der Waals surface area contributed by atoms with Gasteiger partial charge in [0.25, 0.3) is 0 Å². The highest BCUT2D eigenvalue weighted by Crippen LogP contribution is 1.93. The first-order valence-corrected chi connectivity index (χ1v) is 4.01. The zero-order valence-electron chi connectivity index (χ0n) is 6.90. The van der Waals surface area contributed by atoms with Gasteiger partial charge < -0.3 is 5.11 Å². The van der Waals surface area contributed by atoms with Crippen molar-refractivity contribution < 1.29 is 9.90 Å². The SMILES string of the molecule is O=C1N=c2cccc(CCO)c2=N1. The van der Waals surface area contributed by atoms with Crippen molar-refractivity contribution in [1.29, 1.82) is 0 Å². The van der Waals surface area contributed by atoms with Crippen LogP contribution in [0.25, 0.3) is 0 Å². The summed E-state index contributed by atoms with van der Waals surface area (Å²) in [7, 11) is 0. The number of aliphatic hydroxyl groups is 1. The van der Waals surface area contributed by atoms with Gasteiger partial charge in [-0.3, -0.25) is 0 Å². The molecule has 1 aliphatic rings. The van der Waals surface area contributed by atoms with Gasteiger partial charge in [-0.05, 0) is 18.1 Å². The fraction of sp³-hybridized carbons (Fsp3) is 0.222. The number of hydrogen-bond donors (Lipinski definition) is 1. The van der Waals surface area contributed by atoms with E-state index in [9.17, 15) is 4.79 Å². The number of carbonyl (C=O) groups is 1. The lowest BCUT2D eigenvalue weighted by Gasteiger charge is -1.94. The molecule has 0 saturated carbocycles. The van der Waals surface area contributed by atoms with Gasteiger partial charge in [0.2, 0.25) is 0 Å². The van der Waals surface area contributed by atoms with E-state index in [0.717, 1.165) is 5.56 Å². The number of aliphatic hydroxyl groups excluding tert-OH is 1. The Bertz CT molecular complexity index is 465. The lowest BCUT2D eigenvalue weighted by Crippen LogP contribution is -2.26. The summed E-state index contributed by atoms with van der Waals surface area (Å²) in [6.45, 7) is 0.0557. The van der Waals surface area contributed by atoms with E-state index >= 15 is 0 Å². The minimum Gasteiger partial charge on any atom is -0.396 e. The number of nitrogens with zero attached hydrogens (tertiary/aromatic N) is 2. The van der Waals surface area contributed by atoms with Crippen LogP contribution in [0.2, 0.25) is 0 Å². The van der Waals surface area contributed by atoms with E-state index in [1.165, 1.54) is 0 Å². The number of urea groups is 1. The van der Waals surface area contributed by atoms with Crippen LogP contribution in [0.3, 0.4) is 0 Å². The normalized spacial score (nSPS) is 13.5. The number of fused-ring (bicyclic) bond motifs is 1. The van der Waals surface area contributed by atoms with Crippen LogP contribution in [0, 0.1) is 0 Å². The van der Waals surface area contributed by atoms with E-state index in [0.29, 0.717) is 17.1 Å². The average Bonchev–Trinajstić information content (AvgIpc) is 2.47. The maximum absolute atomic E-state index is 10.9. The molecule has 13 heavy (non-hydrogen) atoms. The fourth-order valence-corrected chi connectivity index (χ4v) is 1.34. The van der Waals surface area contributed by atoms with Gasteiger partial charge in [-0.15, -0.1) is 0 Å². The smallest absolute Gasteiger partial charge is 0.368 e. The van der Waals surface area contributed by atoms with E-state index < -0.39 is 6.03 Å². The molecule has 1 N–H and O–H groups in total. The molecule has 66 valence electrons. The molecule has 2 amide bonds. The first-order chi connectivity index (χ1) is 6.31. The van der Waals surface area contributed by atoms with E-state index in [1.54, 1.807) is 12.1 Å². The van der Waals surface area contributed by atoms with Crippen molar-refractivity contribution in [2.45, 2.75) is 6.42 Å². The minimum atomic E-state index is -0.458. The van der Waals surface area contributed by atoms with Gasteiger partial charge >= 0.3 is 6.03 Å². The van der Waals surface area contributed by atoms with Crippen LogP contribution in [-0.2, 0) is 6.42 Å². The molecule has 2 rings (SSSR count). The van der Waals surface area contributed by atoms with Gasteiger partial charge in [-0.25, -0.2) is 4.79 Å². The highest BCUT2D eigenvalue weighted by molar-refractivity contribution is 5.77. The van der Waals surface area contributed by atoms with Crippen molar-refractivity contribution >= 4 is 6.03 Å². The van der Waals surface area contributed by atoms with Crippen molar-refractivity contribution in [1.82, 2.24) is 0 Å². The Balaban J connectivity index is 2.65. The second-order valence-corrected chi connectivity index (χ2v) is 2.76. The van der Waals surface area contributed by atoms with Crippen molar-refractivity contribution in [2.24, 2.45) is 9.98 Å². The van der Waals surface area contributed by atoms with Crippen LogP contribution >= 0.6 is 0 Å². The van der Waals surface area contributed by atoms with Crippen LogP contribution in [-0.4, -0.2) is 17.7 Å². The molecule has 0 saturated heterocycles. The molecular weight excluding hydrogens is 168 g/mol. The van der Waals surface area contributed by atoms with Crippen molar-refractivity contribution in [3.05, 3.63) is 34.5 Å². The fourth-order valence-electron chi connectivity index (χ4n) is 1.34. The summed E-state index contributed by atoms with van der Waals surface area (Å²) in [5.41, 5.74) is 0.870. The second kappa shape index (κ2) is 3.06. The zero-order chi connectivity index (χ0) is 9.26. The number of amides is 2. The Hall–Kier alpha value is -1.55. The Morgan fingerprint density at radius 3 is 2.92 bits per heavy atom. The molecule has 0 spiro atoms.